The van der Waals surface area contributed by atoms with Gasteiger partial charge in [-0.25, -0.2) is 0 Å². The first-order valence-corrected chi connectivity index (χ1v) is 9.10. The lowest BCUT2D eigenvalue weighted by atomic mass is 9.91. The Labute approximate surface area is 149 Å². The van der Waals surface area contributed by atoms with Gasteiger partial charge in [0.15, 0.2) is 0 Å². The Morgan fingerprint density at radius 3 is 2.96 bits per heavy atom. The lowest BCUT2D eigenvalue weighted by Gasteiger charge is -2.23. The number of halogens is 1. The van der Waals surface area contributed by atoms with E-state index in [1.807, 2.05) is 24.3 Å². The Hall–Kier alpha value is -2.07. The second kappa shape index (κ2) is 6.44. The number of aromatic nitrogens is 1. The molecule has 4 rings (SSSR count). The number of rotatable bonds is 3. The molecule has 1 amide bonds. The van der Waals surface area contributed by atoms with Crippen molar-refractivity contribution in [2.24, 2.45) is 0 Å². The summed E-state index contributed by atoms with van der Waals surface area (Å²) in [4.78, 5) is 15.9. The molecular formula is C20H19BrN2O. The zero-order valence-electron chi connectivity index (χ0n) is 13.3. The molecule has 2 aromatic carbocycles. The van der Waals surface area contributed by atoms with E-state index in [-0.39, 0.29) is 11.9 Å². The SMILES string of the molecule is O=C(Cc1cccc(Br)c1)NC1CCc2[nH]c3ccccc3c2C1. The molecule has 0 aliphatic heterocycles. The van der Waals surface area contributed by atoms with Crippen molar-refractivity contribution in [2.75, 3.05) is 0 Å². The van der Waals surface area contributed by atoms with Crippen LogP contribution >= 0.6 is 15.9 Å². The van der Waals surface area contributed by atoms with E-state index in [1.54, 1.807) is 0 Å². The highest BCUT2D eigenvalue weighted by Crippen LogP contribution is 2.29. The van der Waals surface area contributed by atoms with Crippen molar-refractivity contribution in [3.63, 3.8) is 0 Å². The summed E-state index contributed by atoms with van der Waals surface area (Å²) in [5.41, 5.74) is 4.92. The van der Waals surface area contributed by atoms with E-state index < -0.39 is 0 Å². The van der Waals surface area contributed by atoms with Gasteiger partial charge in [0.1, 0.15) is 0 Å². The summed E-state index contributed by atoms with van der Waals surface area (Å²) >= 11 is 3.45. The van der Waals surface area contributed by atoms with Crippen LogP contribution in [0.15, 0.2) is 53.0 Å². The zero-order chi connectivity index (χ0) is 16.5. The van der Waals surface area contributed by atoms with Crippen LogP contribution in [-0.4, -0.2) is 16.9 Å². The predicted octanol–water partition coefficient (Wildman–Crippen LogP) is 4.15. The molecule has 1 aliphatic rings. The molecule has 1 aliphatic carbocycles. The molecule has 0 saturated heterocycles. The molecule has 0 fully saturated rings. The van der Waals surface area contributed by atoms with Gasteiger partial charge in [-0.3, -0.25) is 4.79 Å². The van der Waals surface area contributed by atoms with E-state index in [0.29, 0.717) is 6.42 Å². The van der Waals surface area contributed by atoms with Crippen LogP contribution in [0.5, 0.6) is 0 Å². The van der Waals surface area contributed by atoms with E-state index in [2.05, 4.69) is 50.5 Å². The largest absolute Gasteiger partial charge is 0.358 e. The first-order valence-electron chi connectivity index (χ1n) is 8.31. The van der Waals surface area contributed by atoms with Crippen molar-refractivity contribution in [1.82, 2.24) is 10.3 Å². The van der Waals surface area contributed by atoms with Crippen molar-refractivity contribution in [3.8, 4) is 0 Å². The second-order valence-corrected chi connectivity index (χ2v) is 7.36. The van der Waals surface area contributed by atoms with E-state index in [0.717, 1.165) is 29.3 Å². The molecule has 24 heavy (non-hydrogen) atoms. The minimum atomic E-state index is 0.0985. The third-order valence-electron chi connectivity index (χ3n) is 4.71. The Morgan fingerprint density at radius 1 is 1.21 bits per heavy atom. The highest BCUT2D eigenvalue weighted by molar-refractivity contribution is 9.10. The van der Waals surface area contributed by atoms with E-state index >= 15 is 0 Å². The molecule has 1 aromatic heterocycles. The number of H-pyrrole nitrogens is 1. The van der Waals surface area contributed by atoms with Crippen LogP contribution in [-0.2, 0) is 24.1 Å². The molecule has 122 valence electrons. The van der Waals surface area contributed by atoms with Gasteiger partial charge in [-0.1, -0.05) is 46.3 Å². The number of para-hydroxylation sites is 1. The Bertz CT molecular complexity index is 900. The van der Waals surface area contributed by atoms with Gasteiger partial charge in [0.05, 0.1) is 6.42 Å². The zero-order valence-corrected chi connectivity index (χ0v) is 14.9. The summed E-state index contributed by atoms with van der Waals surface area (Å²) in [5.74, 6) is 0.0985. The van der Waals surface area contributed by atoms with Crippen molar-refractivity contribution >= 4 is 32.7 Å². The average Bonchev–Trinajstić information content (AvgIpc) is 2.93. The number of nitrogens with one attached hydrogen (secondary N) is 2. The second-order valence-electron chi connectivity index (χ2n) is 6.44. The third-order valence-corrected chi connectivity index (χ3v) is 5.21. The molecule has 1 heterocycles. The van der Waals surface area contributed by atoms with Gasteiger partial charge in [-0.2, -0.15) is 0 Å². The minimum absolute atomic E-state index is 0.0985. The fourth-order valence-corrected chi connectivity index (χ4v) is 4.05. The van der Waals surface area contributed by atoms with Gasteiger partial charge in [0.2, 0.25) is 5.91 Å². The van der Waals surface area contributed by atoms with E-state index in [4.69, 9.17) is 0 Å². The highest BCUT2D eigenvalue weighted by Gasteiger charge is 2.23. The summed E-state index contributed by atoms with van der Waals surface area (Å²) in [7, 11) is 0. The normalized spacial score (nSPS) is 16.8. The fourth-order valence-electron chi connectivity index (χ4n) is 3.60. The maximum atomic E-state index is 12.4. The molecule has 2 N–H and O–H groups in total. The Balaban J connectivity index is 1.46. The molecule has 1 unspecified atom stereocenters. The molecule has 3 nitrogen and oxygen atoms in total. The summed E-state index contributed by atoms with van der Waals surface area (Å²) in [6.07, 6.45) is 3.32. The van der Waals surface area contributed by atoms with E-state index in [1.165, 1.54) is 22.2 Å². The standard InChI is InChI=1S/C20H19BrN2O/c21-14-5-3-4-13(10-14)11-20(24)22-15-8-9-19-17(12-15)16-6-1-2-7-18(16)23-19/h1-7,10,15,23H,8-9,11-12H2,(H,22,24). The van der Waals surface area contributed by atoms with Gasteiger partial charge in [0, 0.05) is 27.1 Å². The van der Waals surface area contributed by atoms with Crippen LogP contribution in [0.4, 0.5) is 0 Å². The molecule has 0 spiro atoms. The quantitative estimate of drug-likeness (QED) is 0.702. The topological polar surface area (TPSA) is 44.9 Å². The van der Waals surface area contributed by atoms with Crippen LogP contribution in [0.2, 0.25) is 0 Å². The highest BCUT2D eigenvalue weighted by atomic mass is 79.9. The molecular weight excluding hydrogens is 364 g/mol. The van der Waals surface area contributed by atoms with Crippen molar-refractivity contribution in [3.05, 3.63) is 69.8 Å². The molecule has 0 bridgehead atoms. The number of amides is 1. The van der Waals surface area contributed by atoms with Crippen LogP contribution < -0.4 is 5.32 Å². The van der Waals surface area contributed by atoms with Gasteiger partial charge in [-0.15, -0.1) is 0 Å². The molecule has 4 heteroatoms. The number of hydrogen-bond donors (Lipinski definition) is 2. The summed E-state index contributed by atoms with van der Waals surface area (Å²) in [6.45, 7) is 0. The summed E-state index contributed by atoms with van der Waals surface area (Å²) in [5, 5.41) is 4.50. The lowest BCUT2D eigenvalue weighted by Crippen LogP contribution is -2.39. The maximum absolute atomic E-state index is 12.4. The van der Waals surface area contributed by atoms with Crippen LogP contribution in [0.1, 0.15) is 23.2 Å². The molecule has 0 saturated carbocycles. The lowest BCUT2D eigenvalue weighted by molar-refractivity contribution is -0.121. The number of hydrogen-bond acceptors (Lipinski definition) is 1. The summed E-state index contributed by atoms with van der Waals surface area (Å²) < 4.78 is 1.01. The monoisotopic (exact) mass is 382 g/mol. The van der Waals surface area contributed by atoms with Crippen LogP contribution in [0.3, 0.4) is 0 Å². The van der Waals surface area contributed by atoms with Gasteiger partial charge >= 0.3 is 0 Å². The van der Waals surface area contributed by atoms with Crippen molar-refractivity contribution < 1.29 is 4.79 Å². The molecule has 0 radical (unpaired) electrons. The van der Waals surface area contributed by atoms with Gasteiger partial charge < -0.3 is 10.3 Å². The first kappa shape index (κ1) is 15.5. The molecule has 1 atom stereocenters. The maximum Gasteiger partial charge on any atom is 0.224 e. The summed E-state index contributed by atoms with van der Waals surface area (Å²) in [6, 6.07) is 16.6. The van der Waals surface area contributed by atoms with Crippen molar-refractivity contribution in [1.29, 1.82) is 0 Å². The van der Waals surface area contributed by atoms with Crippen LogP contribution in [0.25, 0.3) is 10.9 Å². The smallest absolute Gasteiger partial charge is 0.224 e. The number of carbonyl (C=O) groups excluding carboxylic acids is 1. The number of fused-ring (bicyclic) bond motifs is 3. The average molecular weight is 383 g/mol. The van der Waals surface area contributed by atoms with E-state index in [9.17, 15) is 4.79 Å². The van der Waals surface area contributed by atoms with Crippen LogP contribution in [0, 0.1) is 0 Å². The number of carbonyl (C=O) groups is 1. The minimum Gasteiger partial charge on any atom is -0.358 e. The number of aromatic amines is 1. The van der Waals surface area contributed by atoms with Gasteiger partial charge in [-0.05, 0) is 48.6 Å². The first-order chi connectivity index (χ1) is 11.7. The Morgan fingerprint density at radius 2 is 2.08 bits per heavy atom. The fraction of sp³-hybridized carbons (Fsp3) is 0.250. The Kier molecular flexibility index (Phi) is 4.15. The van der Waals surface area contributed by atoms with Crippen molar-refractivity contribution in [2.45, 2.75) is 31.7 Å². The predicted molar refractivity (Wildman–Crippen MR) is 100 cm³/mol. The number of benzene rings is 2. The van der Waals surface area contributed by atoms with Gasteiger partial charge in [0.25, 0.3) is 0 Å². The third kappa shape index (κ3) is 3.11. The number of aryl methyl sites for hydroxylation is 1. The molecule has 3 aromatic rings.